The number of aryl methyl sites for hydroxylation is 2. The normalized spacial score (nSPS) is 19.5. The summed E-state index contributed by atoms with van der Waals surface area (Å²) in [7, 11) is 0. The van der Waals surface area contributed by atoms with Gasteiger partial charge in [-0.25, -0.2) is 0 Å². The van der Waals surface area contributed by atoms with Gasteiger partial charge in [-0.3, -0.25) is 9.78 Å². The molecule has 6 nitrogen and oxygen atoms in total. The number of fused-ring (bicyclic) bond motifs is 1. The Labute approximate surface area is 208 Å². The molecule has 4 heterocycles. The number of hydrogen-bond acceptors (Lipinski definition) is 4. The van der Waals surface area contributed by atoms with Crippen LogP contribution in [-0.2, 0) is 0 Å². The molecule has 6 heteroatoms. The van der Waals surface area contributed by atoms with E-state index in [4.69, 9.17) is 4.74 Å². The number of ether oxygens (including phenoxy) is 1. The van der Waals surface area contributed by atoms with E-state index < -0.39 is 0 Å². The molecule has 0 radical (unpaired) electrons. The molecular formula is C29H38N4O2. The van der Waals surface area contributed by atoms with Gasteiger partial charge >= 0.3 is 0 Å². The summed E-state index contributed by atoms with van der Waals surface area (Å²) in [5.74, 6) is 1.05. The van der Waals surface area contributed by atoms with Crippen molar-refractivity contribution in [1.82, 2.24) is 19.4 Å². The van der Waals surface area contributed by atoms with Gasteiger partial charge in [0.1, 0.15) is 5.75 Å². The van der Waals surface area contributed by atoms with Crippen molar-refractivity contribution in [2.75, 3.05) is 32.8 Å². The van der Waals surface area contributed by atoms with Crippen LogP contribution in [0.4, 0.5) is 0 Å². The highest BCUT2D eigenvalue weighted by Crippen LogP contribution is 2.30. The molecule has 3 aromatic rings. The summed E-state index contributed by atoms with van der Waals surface area (Å²) in [6.45, 7) is 10.9. The predicted molar refractivity (Wildman–Crippen MR) is 140 cm³/mol. The Bertz CT molecular complexity index is 1180. The largest absolute Gasteiger partial charge is 0.494 e. The molecule has 2 fully saturated rings. The second-order valence-electron chi connectivity index (χ2n) is 10.3. The number of amides is 1. The third-order valence-electron chi connectivity index (χ3n) is 7.86. The van der Waals surface area contributed by atoms with Gasteiger partial charge in [0.2, 0.25) is 0 Å². The molecule has 0 unspecified atom stereocenters. The third-order valence-corrected chi connectivity index (χ3v) is 7.86. The van der Waals surface area contributed by atoms with Gasteiger partial charge in [0.05, 0.1) is 12.2 Å². The summed E-state index contributed by atoms with van der Waals surface area (Å²) in [6, 6.07) is 11.7. The Kier molecular flexibility index (Phi) is 7.09. The predicted octanol–water partition coefficient (Wildman–Crippen LogP) is 5.38. The molecule has 1 atom stereocenters. The number of carbonyl (C=O) groups excluding carboxylic acids is 1. The van der Waals surface area contributed by atoms with Crippen LogP contribution in [0.25, 0.3) is 10.9 Å². The number of hydrogen-bond donors (Lipinski definition) is 0. The molecule has 186 valence electrons. The third kappa shape index (κ3) is 5.22. The van der Waals surface area contributed by atoms with Crippen LogP contribution in [0.15, 0.2) is 42.7 Å². The Morgan fingerprint density at radius 3 is 2.66 bits per heavy atom. The maximum Gasteiger partial charge on any atom is 0.255 e. The lowest BCUT2D eigenvalue weighted by atomic mass is 10.0. The Morgan fingerprint density at radius 2 is 1.91 bits per heavy atom. The van der Waals surface area contributed by atoms with Crippen molar-refractivity contribution in [1.29, 1.82) is 0 Å². The first-order valence-corrected chi connectivity index (χ1v) is 13.2. The van der Waals surface area contributed by atoms with Crippen LogP contribution in [0.5, 0.6) is 5.75 Å². The molecule has 2 saturated heterocycles. The molecule has 2 aliphatic heterocycles. The van der Waals surface area contributed by atoms with Crippen molar-refractivity contribution in [2.24, 2.45) is 0 Å². The van der Waals surface area contributed by atoms with Crippen molar-refractivity contribution in [3.05, 3.63) is 59.5 Å². The molecule has 0 N–H and O–H groups in total. The van der Waals surface area contributed by atoms with Crippen molar-refractivity contribution in [3.8, 4) is 5.75 Å². The molecule has 35 heavy (non-hydrogen) atoms. The highest BCUT2D eigenvalue weighted by Gasteiger charge is 2.26. The number of nitrogens with zero attached hydrogens (tertiary/aromatic N) is 4. The van der Waals surface area contributed by atoms with Gasteiger partial charge in [0.25, 0.3) is 5.91 Å². The first kappa shape index (κ1) is 23.9. The minimum absolute atomic E-state index is 0.104. The Hall–Kier alpha value is -2.86. The molecule has 1 aromatic carbocycles. The lowest BCUT2D eigenvalue weighted by Gasteiger charge is -2.33. The van der Waals surface area contributed by atoms with Gasteiger partial charge in [0.15, 0.2) is 0 Å². The van der Waals surface area contributed by atoms with E-state index in [0.717, 1.165) is 74.1 Å². The van der Waals surface area contributed by atoms with E-state index in [1.807, 2.05) is 24.8 Å². The van der Waals surface area contributed by atoms with E-state index in [1.165, 1.54) is 30.3 Å². The van der Waals surface area contributed by atoms with Gasteiger partial charge in [-0.1, -0.05) is 0 Å². The number of aromatic nitrogens is 2. The molecular weight excluding hydrogens is 436 g/mol. The maximum absolute atomic E-state index is 13.0. The quantitative estimate of drug-likeness (QED) is 0.431. The summed E-state index contributed by atoms with van der Waals surface area (Å²) >= 11 is 0. The van der Waals surface area contributed by atoms with E-state index in [9.17, 15) is 4.79 Å². The standard InChI is InChI=1S/C29H38N4O2/c1-21-18-22(2)30-20-27(21)29(34)32-14-10-25(11-15-32)33-16-9-24-19-26(7-8-28(24)33)35-17-5-13-31-12-4-6-23(31)3/h7-9,16,18-20,23,25H,4-6,10-15,17H2,1-3H3/t23-/m1/s1. The number of carbonyl (C=O) groups is 1. The first-order chi connectivity index (χ1) is 17.0. The van der Waals surface area contributed by atoms with E-state index in [-0.39, 0.29) is 5.91 Å². The SMILES string of the molecule is Cc1cc(C)c(C(=O)N2CCC(n3ccc4cc(OCCCN5CCC[C@H]5C)ccc43)CC2)cn1. The lowest BCUT2D eigenvalue weighted by Crippen LogP contribution is -2.39. The molecule has 2 aromatic heterocycles. The topological polar surface area (TPSA) is 50.6 Å². The van der Waals surface area contributed by atoms with Crippen LogP contribution in [0, 0.1) is 13.8 Å². The monoisotopic (exact) mass is 474 g/mol. The van der Waals surface area contributed by atoms with Crippen LogP contribution >= 0.6 is 0 Å². The van der Waals surface area contributed by atoms with Gasteiger partial charge in [-0.2, -0.15) is 0 Å². The maximum atomic E-state index is 13.0. The fourth-order valence-electron chi connectivity index (χ4n) is 5.77. The van der Waals surface area contributed by atoms with Crippen molar-refractivity contribution >= 4 is 16.8 Å². The molecule has 0 saturated carbocycles. The molecule has 5 rings (SSSR count). The van der Waals surface area contributed by atoms with Crippen molar-refractivity contribution < 1.29 is 9.53 Å². The Morgan fingerprint density at radius 1 is 1.09 bits per heavy atom. The number of rotatable bonds is 7. The number of piperidine rings is 1. The summed E-state index contributed by atoms with van der Waals surface area (Å²) in [4.78, 5) is 21.9. The molecule has 0 bridgehead atoms. The van der Waals surface area contributed by atoms with Crippen LogP contribution < -0.4 is 4.74 Å². The summed E-state index contributed by atoms with van der Waals surface area (Å²) in [5, 5.41) is 1.22. The van der Waals surface area contributed by atoms with Crippen LogP contribution in [-0.4, -0.2) is 64.1 Å². The van der Waals surface area contributed by atoms with Gasteiger partial charge in [0, 0.05) is 60.7 Å². The number of benzene rings is 1. The van der Waals surface area contributed by atoms with E-state index in [0.29, 0.717) is 6.04 Å². The van der Waals surface area contributed by atoms with Crippen molar-refractivity contribution in [3.63, 3.8) is 0 Å². The number of likely N-dealkylation sites (tertiary alicyclic amines) is 2. The van der Waals surface area contributed by atoms with Gasteiger partial charge < -0.3 is 19.1 Å². The molecule has 2 aliphatic rings. The zero-order valence-electron chi connectivity index (χ0n) is 21.4. The smallest absolute Gasteiger partial charge is 0.255 e. The average molecular weight is 475 g/mol. The molecule has 0 aliphatic carbocycles. The number of pyridine rings is 1. The summed E-state index contributed by atoms with van der Waals surface area (Å²) in [6.07, 6.45) is 9.56. The van der Waals surface area contributed by atoms with E-state index >= 15 is 0 Å². The van der Waals surface area contributed by atoms with Crippen LogP contribution in [0.3, 0.4) is 0 Å². The summed E-state index contributed by atoms with van der Waals surface area (Å²) < 4.78 is 8.46. The van der Waals surface area contributed by atoms with Crippen molar-refractivity contribution in [2.45, 2.75) is 65.0 Å². The highest BCUT2D eigenvalue weighted by molar-refractivity contribution is 5.95. The fourth-order valence-corrected chi connectivity index (χ4v) is 5.77. The van der Waals surface area contributed by atoms with Crippen LogP contribution in [0.2, 0.25) is 0 Å². The lowest BCUT2D eigenvalue weighted by molar-refractivity contribution is 0.0695. The molecule has 0 spiro atoms. The average Bonchev–Trinajstić information content (AvgIpc) is 3.47. The highest BCUT2D eigenvalue weighted by atomic mass is 16.5. The first-order valence-electron chi connectivity index (χ1n) is 13.2. The zero-order chi connectivity index (χ0) is 24.4. The van der Waals surface area contributed by atoms with Gasteiger partial charge in [-0.15, -0.1) is 0 Å². The second-order valence-corrected chi connectivity index (χ2v) is 10.3. The van der Waals surface area contributed by atoms with Crippen LogP contribution in [0.1, 0.15) is 66.7 Å². The zero-order valence-corrected chi connectivity index (χ0v) is 21.4. The van der Waals surface area contributed by atoms with E-state index in [1.54, 1.807) is 6.20 Å². The minimum atomic E-state index is 0.104. The minimum Gasteiger partial charge on any atom is -0.494 e. The van der Waals surface area contributed by atoms with E-state index in [2.05, 4.69) is 51.8 Å². The molecule has 1 amide bonds. The van der Waals surface area contributed by atoms with Gasteiger partial charge in [-0.05, 0) is 95.3 Å². The Balaban J connectivity index is 1.16. The second kappa shape index (κ2) is 10.4. The fraction of sp³-hybridized carbons (Fsp3) is 0.517. The summed E-state index contributed by atoms with van der Waals surface area (Å²) in [5.41, 5.74) is 3.92.